The fourth-order valence-electron chi connectivity index (χ4n) is 3.59. The Bertz CT molecular complexity index is 1170. The number of amides is 3. The van der Waals surface area contributed by atoms with Gasteiger partial charge >= 0.3 is 0 Å². The normalized spacial score (nSPS) is 11.5. The molecule has 0 fully saturated rings. The summed E-state index contributed by atoms with van der Waals surface area (Å²) in [6.45, 7) is 3.61. The molecule has 1 unspecified atom stereocenters. The predicted molar refractivity (Wildman–Crippen MR) is 135 cm³/mol. The van der Waals surface area contributed by atoms with Gasteiger partial charge in [-0.25, -0.2) is 9.37 Å². The summed E-state index contributed by atoms with van der Waals surface area (Å²) in [6.07, 6.45) is 1.26. The van der Waals surface area contributed by atoms with Gasteiger partial charge in [-0.05, 0) is 67.9 Å². The summed E-state index contributed by atoms with van der Waals surface area (Å²) >= 11 is 0. The summed E-state index contributed by atoms with van der Waals surface area (Å²) < 4.78 is 18.9. The van der Waals surface area contributed by atoms with Crippen molar-refractivity contribution in [3.8, 4) is 5.75 Å². The van der Waals surface area contributed by atoms with E-state index in [0.717, 1.165) is 0 Å². The number of carbonyl (C=O) groups is 3. The maximum Gasteiger partial charge on any atom is 0.248 e. The van der Waals surface area contributed by atoms with E-state index in [4.69, 9.17) is 4.74 Å². The van der Waals surface area contributed by atoms with Gasteiger partial charge in [0, 0.05) is 30.8 Å². The van der Waals surface area contributed by atoms with Gasteiger partial charge in [-0.15, -0.1) is 0 Å². The van der Waals surface area contributed by atoms with Crippen LogP contribution in [0.2, 0.25) is 0 Å². The average Bonchev–Trinajstić information content (AvgIpc) is 2.87. The molecular formula is C27H29FN4O4. The Morgan fingerprint density at radius 1 is 0.972 bits per heavy atom. The quantitative estimate of drug-likeness (QED) is 0.441. The third kappa shape index (κ3) is 7.11. The van der Waals surface area contributed by atoms with Gasteiger partial charge in [0.05, 0.1) is 7.11 Å². The molecule has 1 aromatic heterocycles. The van der Waals surface area contributed by atoms with Crippen molar-refractivity contribution in [2.45, 2.75) is 38.8 Å². The van der Waals surface area contributed by atoms with Crippen LogP contribution in [0.5, 0.6) is 5.75 Å². The lowest BCUT2D eigenvalue weighted by Crippen LogP contribution is -2.46. The van der Waals surface area contributed by atoms with Crippen LogP contribution in [0.1, 0.15) is 38.3 Å². The van der Waals surface area contributed by atoms with E-state index >= 15 is 0 Å². The first kappa shape index (κ1) is 26.3. The molecule has 0 aliphatic carbocycles. The Balaban J connectivity index is 1.93. The Kier molecular flexibility index (Phi) is 9.10. The number of anilines is 2. The molecule has 9 heteroatoms. The lowest BCUT2D eigenvalue weighted by Gasteiger charge is -2.32. The zero-order chi connectivity index (χ0) is 26.1. The number of rotatable bonds is 10. The van der Waals surface area contributed by atoms with Crippen LogP contribution in [0.15, 0.2) is 72.9 Å². The molecule has 3 rings (SSSR count). The van der Waals surface area contributed by atoms with E-state index in [1.54, 1.807) is 62.5 Å². The van der Waals surface area contributed by atoms with Crippen LogP contribution in [-0.2, 0) is 14.4 Å². The molecule has 188 valence electrons. The van der Waals surface area contributed by atoms with Crippen molar-refractivity contribution in [1.29, 1.82) is 0 Å². The molecule has 0 saturated heterocycles. The van der Waals surface area contributed by atoms with E-state index in [9.17, 15) is 18.8 Å². The van der Waals surface area contributed by atoms with Gasteiger partial charge in [-0.1, -0.05) is 18.2 Å². The third-order valence-corrected chi connectivity index (χ3v) is 5.24. The Morgan fingerprint density at radius 2 is 1.67 bits per heavy atom. The second kappa shape index (κ2) is 12.4. The highest BCUT2D eigenvalue weighted by Gasteiger charge is 2.33. The van der Waals surface area contributed by atoms with Crippen molar-refractivity contribution < 1.29 is 23.5 Å². The van der Waals surface area contributed by atoms with E-state index in [0.29, 0.717) is 22.8 Å². The number of benzene rings is 2. The lowest BCUT2D eigenvalue weighted by molar-refractivity contribution is -0.127. The Labute approximate surface area is 209 Å². The van der Waals surface area contributed by atoms with Crippen molar-refractivity contribution >= 4 is 29.2 Å². The van der Waals surface area contributed by atoms with Crippen LogP contribution >= 0.6 is 0 Å². The molecule has 1 heterocycles. The number of nitrogens with one attached hydrogen (secondary N) is 2. The first-order valence-corrected chi connectivity index (χ1v) is 11.5. The van der Waals surface area contributed by atoms with Crippen LogP contribution in [0, 0.1) is 5.82 Å². The number of halogens is 1. The number of hydrogen-bond donors (Lipinski definition) is 2. The number of pyridine rings is 1. The summed E-state index contributed by atoms with van der Waals surface area (Å²) in [5, 5.41) is 5.49. The Morgan fingerprint density at radius 3 is 2.25 bits per heavy atom. The Hall–Kier alpha value is -4.27. The number of methoxy groups -OCH3 is 1. The molecule has 0 aliphatic heterocycles. The van der Waals surface area contributed by atoms with Crippen LogP contribution in [-0.4, -0.2) is 35.9 Å². The average molecular weight is 493 g/mol. The van der Waals surface area contributed by atoms with Crippen LogP contribution in [0.25, 0.3) is 0 Å². The second-order valence-corrected chi connectivity index (χ2v) is 8.34. The molecule has 0 spiro atoms. The summed E-state index contributed by atoms with van der Waals surface area (Å²) in [6, 6.07) is 15.9. The van der Waals surface area contributed by atoms with Crippen LogP contribution in [0.3, 0.4) is 0 Å². The number of carbonyl (C=O) groups excluding carboxylic acids is 3. The zero-order valence-corrected chi connectivity index (χ0v) is 20.4. The summed E-state index contributed by atoms with van der Waals surface area (Å²) in [7, 11) is 1.52. The van der Waals surface area contributed by atoms with E-state index in [1.165, 1.54) is 36.3 Å². The number of hydrogen-bond acceptors (Lipinski definition) is 5. The SMILES string of the molecule is COc1ccc(N(C(=O)CCC(=O)Nc2ccccn2)C(C(=O)NC(C)C)c2ccc(F)cc2)cc1. The molecule has 0 bridgehead atoms. The van der Waals surface area contributed by atoms with E-state index in [2.05, 4.69) is 15.6 Å². The van der Waals surface area contributed by atoms with Gasteiger partial charge in [0.15, 0.2) is 0 Å². The zero-order valence-electron chi connectivity index (χ0n) is 20.4. The molecule has 3 aromatic rings. The molecule has 8 nitrogen and oxygen atoms in total. The number of aromatic nitrogens is 1. The van der Waals surface area contributed by atoms with Crippen molar-refractivity contribution in [2.24, 2.45) is 0 Å². The molecule has 36 heavy (non-hydrogen) atoms. The minimum Gasteiger partial charge on any atom is -0.497 e. The second-order valence-electron chi connectivity index (χ2n) is 8.34. The van der Waals surface area contributed by atoms with Gasteiger partial charge in [-0.2, -0.15) is 0 Å². The van der Waals surface area contributed by atoms with Crippen molar-refractivity contribution in [3.05, 3.63) is 84.3 Å². The van der Waals surface area contributed by atoms with Crippen LogP contribution in [0.4, 0.5) is 15.9 Å². The standard InChI is InChI=1S/C27H29FN4O4/c1-18(2)30-27(35)26(19-7-9-20(28)10-8-19)32(21-11-13-22(36-3)14-12-21)25(34)16-15-24(33)31-23-6-4-5-17-29-23/h4-14,17-18,26H,15-16H2,1-3H3,(H,30,35)(H,29,31,33). The fraction of sp³-hybridized carbons (Fsp3) is 0.259. The van der Waals surface area contributed by atoms with Gasteiger partial charge < -0.3 is 15.4 Å². The lowest BCUT2D eigenvalue weighted by atomic mass is 10.0. The first-order valence-electron chi connectivity index (χ1n) is 11.5. The highest BCUT2D eigenvalue weighted by atomic mass is 19.1. The minimum atomic E-state index is -1.09. The third-order valence-electron chi connectivity index (χ3n) is 5.24. The monoisotopic (exact) mass is 492 g/mol. The smallest absolute Gasteiger partial charge is 0.248 e. The highest BCUT2D eigenvalue weighted by molar-refractivity contribution is 6.03. The van der Waals surface area contributed by atoms with Crippen molar-refractivity contribution in [1.82, 2.24) is 10.3 Å². The highest BCUT2D eigenvalue weighted by Crippen LogP contribution is 2.30. The first-order chi connectivity index (χ1) is 17.3. The fourth-order valence-corrected chi connectivity index (χ4v) is 3.59. The van der Waals surface area contributed by atoms with E-state index < -0.39 is 23.7 Å². The van der Waals surface area contributed by atoms with Gasteiger partial charge in [-0.3, -0.25) is 19.3 Å². The molecule has 2 aromatic carbocycles. The number of nitrogens with zero attached hydrogens (tertiary/aromatic N) is 2. The largest absolute Gasteiger partial charge is 0.497 e. The maximum atomic E-state index is 13.7. The molecular weight excluding hydrogens is 463 g/mol. The summed E-state index contributed by atoms with van der Waals surface area (Å²) in [4.78, 5) is 44.8. The van der Waals surface area contributed by atoms with Crippen molar-refractivity contribution in [2.75, 3.05) is 17.3 Å². The minimum absolute atomic E-state index is 0.121. The molecule has 0 saturated carbocycles. The molecule has 0 aliphatic rings. The van der Waals surface area contributed by atoms with E-state index in [1.807, 2.05) is 0 Å². The predicted octanol–water partition coefficient (Wildman–Crippen LogP) is 4.25. The summed E-state index contributed by atoms with van der Waals surface area (Å²) in [5.74, 6) is -0.784. The summed E-state index contributed by atoms with van der Waals surface area (Å²) in [5.41, 5.74) is 0.857. The van der Waals surface area contributed by atoms with Crippen LogP contribution < -0.4 is 20.3 Å². The van der Waals surface area contributed by atoms with Gasteiger partial charge in [0.2, 0.25) is 17.7 Å². The molecule has 3 amide bonds. The molecule has 1 atom stereocenters. The topological polar surface area (TPSA) is 101 Å². The van der Waals surface area contributed by atoms with Gasteiger partial charge in [0.1, 0.15) is 23.4 Å². The molecule has 2 N–H and O–H groups in total. The molecule has 0 radical (unpaired) electrons. The van der Waals surface area contributed by atoms with Gasteiger partial charge in [0.25, 0.3) is 0 Å². The maximum absolute atomic E-state index is 13.7. The number of ether oxygens (including phenoxy) is 1. The van der Waals surface area contributed by atoms with E-state index in [-0.39, 0.29) is 24.8 Å². The van der Waals surface area contributed by atoms with Crippen molar-refractivity contribution in [3.63, 3.8) is 0 Å².